The van der Waals surface area contributed by atoms with Gasteiger partial charge >= 0.3 is 0 Å². The van der Waals surface area contributed by atoms with E-state index in [1.165, 1.54) is 5.56 Å². The summed E-state index contributed by atoms with van der Waals surface area (Å²) in [5.74, 6) is 0.990. The van der Waals surface area contributed by atoms with Crippen LogP contribution in [-0.2, 0) is 6.42 Å². The van der Waals surface area contributed by atoms with E-state index in [1.807, 2.05) is 6.07 Å². The zero-order valence-corrected chi connectivity index (χ0v) is 10.6. The Morgan fingerprint density at radius 3 is 2.81 bits per heavy atom. The van der Waals surface area contributed by atoms with Gasteiger partial charge in [-0.1, -0.05) is 32.9 Å². The molecular weight excluding hydrogens is 198 g/mol. The third kappa shape index (κ3) is 5.17. The van der Waals surface area contributed by atoms with Crippen LogP contribution < -0.4 is 10.1 Å². The molecule has 1 rings (SSSR count). The smallest absolute Gasteiger partial charge is 0.119 e. The molecule has 0 bridgehead atoms. The Labute approximate surface area is 99.0 Å². The van der Waals surface area contributed by atoms with Gasteiger partial charge in [-0.3, -0.25) is 0 Å². The third-order valence-corrected chi connectivity index (χ3v) is 2.34. The number of hydrogen-bond donors (Lipinski definition) is 1. The van der Waals surface area contributed by atoms with Crippen LogP contribution in [-0.4, -0.2) is 19.2 Å². The molecule has 2 nitrogen and oxygen atoms in total. The number of rotatable bonds is 7. The van der Waals surface area contributed by atoms with E-state index in [-0.39, 0.29) is 0 Å². The van der Waals surface area contributed by atoms with Crippen molar-refractivity contribution in [1.29, 1.82) is 0 Å². The van der Waals surface area contributed by atoms with Gasteiger partial charge < -0.3 is 10.1 Å². The molecular formula is C14H23NO. The first-order chi connectivity index (χ1) is 7.72. The molecule has 1 aromatic carbocycles. The average molecular weight is 221 g/mol. The second kappa shape index (κ2) is 7.29. The highest BCUT2D eigenvalue weighted by Crippen LogP contribution is 2.13. The quantitative estimate of drug-likeness (QED) is 0.764. The molecule has 1 aromatic rings. The fourth-order valence-electron chi connectivity index (χ4n) is 1.52. The minimum Gasteiger partial charge on any atom is -0.494 e. The van der Waals surface area contributed by atoms with Crippen molar-refractivity contribution in [2.75, 3.05) is 13.2 Å². The molecule has 0 aliphatic heterocycles. The first-order valence-corrected chi connectivity index (χ1v) is 6.17. The molecule has 1 N–H and O–H groups in total. The lowest BCUT2D eigenvalue weighted by atomic mass is 10.1. The largest absolute Gasteiger partial charge is 0.494 e. The Kier molecular flexibility index (Phi) is 5.94. The van der Waals surface area contributed by atoms with E-state index in [0.29, 0.717) is 6.04 Å². The lowest BCUT2D eigenvalue weighted by Gasteiger charge is -2.09. The van der Waals surface area contributed by atoms with E-state index in [9.17, 15) is 0 Å². The number of hydrogen-bond acceptors (Lipinski definition) is 2. The molecule has 2 heteroatoms. The van der Waals surface area contributed by atoms with Crippen molar-refractivity contribution >= 4 is 0 Å². The van der Waals surface area contributed by atoms with Crippen LogP contribution in [0.25, 0.3) is 0 Å². The van der Waals surface area contributed by atoms with Gasteiger partial charge in [-0.05, 0) is 37.1 Å². The van der Waals surface area contributed by atoms with Crippen molar-refractivity contribution < 1.29 is 4.74 Å². The molecule has 0 unspecified atom stereocenters. The first-order valence-electron chi connectivity index (χ1n) is 6.17. The maximum absolute atomic E-state index is 5.60. The highest BCUT2D eigenvalue weighted by Gasteiger charge is 1.97. The molecule has 0 fully saturated rings. The van der Waals surface area contributed by atoms with Gasteiger partial charge in [0.2, 0.25) is 0 Å². The molecule has 0 atom stereocenters. The second-order valence-electron chi connectivity index (χ2n) is 4.35. The molecule has 0 aliphatic rings. The lowest BCUT2D eigenvalue weighted by molar-refractivity contribution is 0.317. The van der Waals surface area contributed by atoms with Gasteiger partial charge in [-0.2, -0.15) is 0 Å². The number of ether oxygens (including phenoxy) is 1. The van der Waals surface area contributed by atoms with Crippen LogP contribution in [0.15, 0.2) is 24.3 Å². The SMILES string of the molecule is CCCOc1cccc(CCNC(C)C)c1. The minimum absolute atomic E-state index is 0.555. The van der Waals surface area contributed by atoms with Crippen molar-refractivity contribution in [2.24, 2.45) is 0 Å². The van der Waals surface area contributed by atoms with E-state index in [0.717, 1.165) is 31.7 Å². The summed E-state index contributed by atoms with van der Waals surface area (Å²) in [5, 5.41) is 3.42. The lowest BCUT2D eigenvalue weighted by Crippen LogP contribution is -2.24. The highest BCUT2D eigenvalue weighted by molar-refractivity contribution is 5.28. The van der Waals surface area contributed by atoms with Crippen LogP contribution in [0.5, 0.6) is 5.75 Å². The topological polar surface area (TPSA) is 21.3 Å². The monoisotopic (exact) mass is 221 g/mol. The van der Waals surface area contributed by atoms with Crippen molar-refractivity contribution in [1.82, 2.24) is 5.32 Å². The van der Waals surface area contributed by atoms with Gasteiger partial charge in [-0.15, -0.1) is 0 Å². The summed E-state index contributed by atoms with van der Waals surface area (Å²) in [6, 6.07) is 8.93. The van der Waals surface area contributed by atoms with E-state index in [2.05, 4.69) is 44.3 Å². The molecule has 16 heavy (non-hydrogen) atoms. The Hall–Kier alpha value is -1.02. The minimum atomic E-state index is 0.555. The molecule has 0 amide bonds. The van der Waals surface area contributed by atoms with E-state index < -0.39 is 0 Å². The van der Waals surface area contributed by atoms with Crippen molar-refractivity contribution in [3.8, 4) is 5.75 Å². The van der Waals surface area contributed by atoms with Crippen LogP contribution in [0.3, 0.4) is 0 Å². The van der Waals surface area contributed by atoms with Gasteiger partial charge in [0.15, 0.2) is 0 Å². The first kappa shape index (κ1) is 13.0. The van der Waals surface area contributed by atoms with E-state index in [4.69, 9.17) is 4.74 Å². The van der Waals surface area contributed by atoms with E-state index in [1.54, 1.807) is 0 Å². The Morgan fingerprint density at radius 2 is 2.12 bits per heavy atom. The summed E-state index contributed by atoms with van der Waals surface area (Å²) >= 11 is 0. The Bertz CT molecular complexity index is 297. The summed E-state index contributed by atoms with van der Waals surface area (Å²) in [4.78, 5) is 0. The summed E-state index contributed by atoms with van der Waals surface area (Å²) in [6.07, 6.45) is 2.11. The summed E-state index contributed by atoms with van der Waals surface area (Å²) in [5.41, 5.74) is 1.33. The van der Waals surface area contributed by atoms with E-state index >= 15 is 0 Å². The van der Waals surface area contributed by atoms with Gasteiger partial charge in [0.25, 0.3) is 0 Å². The summed E-state index contributed by atoms with van der Waals surface area (Å²) < 4.78 is 5.60. The summed E-state index contributed by atoms with van der Waals surface area (Å²) in [6.45, 7) is 8.28. The molecule has 0 heterocycles. The predicted octanol–water partition coefficient (Wildman–Crippen LogP) is 3.02. The maximum Gasteiger partial charge on any atom is 0.119 e. The molecule has 0 radical (unpaired) electrons. The van der Waals surface area contributed by atoms with Gasteiger partial charge in [0, 0.05) is 6.04 Å². The average Bonchev–Trinajstić information content (AvgIpc) is 2.26. The van der Waals surface area contributed by atoms with Gasteiger partial charge in [0.1, 0.15) is 5.75 Å². The van der Waals surface area contributed by atoms with Crippen molar-refractivity contribution in [2.45, 2.75) is 39.7 Å². The fraction of sp³-hybridized carbons (Fsp3) is 0.571. The van der Waals surface area contributed by atoms with Crippen LogP contribution in [0.4, 0.5) is 0 Å². The highest BCUT2D eigenvalue weighted by atomic mass is 16.5. The van der Waals surface area contributed by atoms with Crippen molar-refractivity contribution in [3.05, 3.63) is 29.8 Å². The van der Waals surface area contributed by atoms with Gasteiger partial charge in [-0.25, -0.2) is 0 Å². The zero-order chi connectivity index (χ0) is 11.8. The predicted molar refractivity (Wildman–Crippen MR) is 69.1 cm³/mol. The molecule has 0 saturated heterocycles. The second-order valence-corrected chi connectivity index (χ2v) is 4.35. The Morgan fingerprint density at radius 1 is 1.31 bits per heavy atom. The van der Waals surface area contributed by atoms with Gasteiger partial charge in [0.05, 0.1) is 6.61 Å². The van der Waals surface area contributed by atoms with Crippen molar-refractivity contribution in [3.63, 3.8) is 0 Å². The third-order valence-electron chi connectivity index (χ3n) is 2.34. The number of nitrogens with one attached hydrogen (secondary N) is 1. The zero-order valence-electron chi connectivity index (χ0n) is 10.6. The normalized spacial score (nSPS) is 10.8. The van der Waals surface area contributed by atoms with Crippen LogP contribution >= 0.6 is 0 Å². The molecule has 0 aromatic heterocycles. The van der Waals surface area contributed by atoms with Crippen LogP contribution in [0.2, 0.25) is 0 Å². The van der Waals surface area contributed by atoms with Crippen LogP contribution in [0.1, 0.15) is 32.8 Å². The summed E-state index contributed by atoms with van der Waals surface area (Å²) in [7, 11) is 0. The molecule has 0 saturated carbocycles. The standard InChI is InChI=1S/C14H23NO/c1-4-10-16-14-7-5-6-13(11-14)8-9-15-12(2)3/h5-7,11-12,15H,4,8-10H2,1-3H3. The number of benzene rings is 1. The molecule has 0 aliphatic carbocycles. The Balaban J connectivity index is 2.40. The molecule has 90 valence electrons. The fourth-order valence-corrected chi connectivity index (χ4v) is 1.52. The molecule has 0 spiro atoms. The van der Waals surface area contributed by atoms with Crippen LogP contribution in [0, 0.1) is 0 Å². The maximum atomic E-state index is 5.60.